The van der Waals surface area contributed by atoms with Gasteiger partial charge in [-0.15, -0.1) is 0 Å². The number of nitrogens with one attached hydrogen (secondary N) is 2. The lowest BCUT2D eigenvalue weighted by Crippen LogP contribution is -2.42. The highest BCUT2D eigenvalue weighted by molar-refractivity contribution is 7.89. The van der Waals surface area contributed by atoms with Crippen LogP contribution >= 0.6 is 0 Å². The van der Waals surface area contributed by atoms with Crippen molar-refractivity contribution in [3.63, 3.8) is 0 Å². The minimum absolute atomic E-state index is 0.00566. The van der Waals surface area contributed by atoms with E-state index in [1.54, 1.807) is 0 Å². The fraction of sp³-hybridized carbons (Fsp3) is 0.600. The summed E-state index contributed by atoms with van der Waals surface area (Å²) in [4.78, 5) is 17.5. The van der Waals surface area contributed by atoms with Gasteiger partial charge in [-0.05, 0) is 0 Å². The zero-order valence-corrected chi connectivity index (χ0v) is 11.1. The molecule has 2 atom stereocenters. The van der Waals surface area contributed by atoms with Gasteiger partial charge in [0, 0.05) is 6.42 Å². The van der Waals surface area contributed by atoms with Gasteiger partial charge in [-0.25, -0.2) is 18.1 Å². The van der Waals surface area contributed by atoms with E-state index in [1.807, 2.05) is 6.92 Å². The van der Waals surface area contributed by atoms with Gasteiger partial charge in [0.05, 0.1) is 31.4 Å². The molecule has 19 heavy (non-hydrogen) atoms. The maximum atomic E-state index is 12.1. The summed E-state index contributed by atoms with van der Waals surface area (Å²) in [5.41, 5.74) is 0. The van der Waals surface area contributed by atoms with Gasteiger partial charge in [-0.2, -0.15) is 0 Å². The molecule has 9 heteroatoms. The number of carbonyl (C=O) groups is 1. The molecule has 2 heterocycles. The normalized spacial score (nSPS) is 23.6. The summed E-state index contributed by atoms with van der Waals surface area (Å²) in [6.45, 7) is 1.89. The lowest BCUT2D eigenvalue weighted by atomic mass is 10.1. The molecule has 0 aliphatic carbocycles. The summed E-state index contributed by atoms with van der Waals surface area (Å²) in [5.74, 6) is -1.40. The average Bonchev–Trinajstić information content (AvgIpc) is 2.95. The lowest BCUT2D eigenvalue weighted by Gasteiger charge is -2.14. The highest BCUT2D eigenvalue weighted by atomic mass is 32.2. The summed E-state index contributed by atoms with van der Waals surface area (Å²) < 4.78 is 31.5. The van der Waals surface area contributed by atoms with E-state index in [-0.39, 0.29) is 18.2 Å². The van der Waals surface area contributed by atoms with Crippen LogP contribution in [0.5, 0.6) is 0 Å². The second-order valence-corrected chi connectivity index (χ2v) is 5.94. The Morgan fingerprint density at radius 2 is 2.37 bits per heavy atom. The van der Waals surface area contributed by atoms with Crippen molar-refractivity contribution in [1.29, 1.82) is 0 Å². The minimum Gasteiger partial charge on any atom is -0.481 e. The Morgan fingerprint density at radius 3 is 2.95 bits per heavy atom. The van der Waals surface area contributed by atoms with Crippen molar-refractivity contribution in [2.24, 2.45) is 5.92 Å². The number of nitrogens with zero attached hydrogens (tertiary/aromatic N) is 1. The number of aryl methyl sites for hydroxylation is 1. The monoisotopic (exact) mass is 289 g/mol. The molecule has 0 aromatic carbocycles. The number of sulfonamides is 1. The van der Waals surface area contributed by atoms with E-state index in [0.717, 1.165) is 0 Å². The van der Waals surface area contributed by atoms with Crippen LogP contribution in [0, 0.1) is 5.92 Å². The first-order valence-electron chi connectivity index (χ1n) is 5.80. The van der Waals surface area contributed by atoms with Crippen molar-refractivity contribution in [1.82, 2.24) is 14.7 Å². The molecule has 1 aliphatic heterocycles. The molecular formula is C10H15N3O5S. The molecule has 0 bridgehead atoms. The number of carboxylic acids is 1. The second kappa shape index (κ2) is 5.27. The number of hydrogen-bond donors (Lipinski definition) is 3. The van der Waals surface area contributed by atoms with Crippen molar-refractivity contribution < 1.29 is 23.1 Å². The van der Waals surface area contributed by atoms with Gasteiger partial charge in [0.2, 0.25) is 0 Å². The molecule has 106 valence electrons. The van der Waals surface area contributed by atoms with Crippen LogP contribution in [0.25, 0.3) is 0 Å². The number of aromatic amines is 1. The third kappa shape index (κ3) is 2.94. The van der Waals surface area contributed by atoms with Gasteiger partial charge in [0.15, 0.2) is 5.03 Å². The third-order valence-electron chi connectivity index (χ3n) is 2.93. The topological polar surface area (TPSA) is 121 Å². The van der Waals surface area contributed by atoms with Gasteiger partial charge >= 0.3 is 5.97 Å². The first-order valence-corrected chi connectivity index (χ1v) is 7.29. The average molecular weight is 289 g/mol. The molecule has 1 fully saturated rings. The van der Waals surface area contributed by atoms with Gasteiger partial charge in [-0.1, -0.05) is 6.92 Å². The van der Waals surface area contributed by atoms with E-state index in [1.165, 1.54) is 6.20 Å². The fourth-order valence-corrected chi connectivity index (χ4v) is 3.04. The Labute approximate surface area is 110 Å². The van der Waals surface area contributed by atoms with Crippen LogP contribution in [0.4, 0.5) is 0 Å². The molecule has 1 aromatic rings. The van der Waals surface area contributed by atoms with Crippen molar-refractivity contribution in [2.45, 2.75) is 24.4 Å². The first kappa shape index (κ1) is 14.0. The van der Waals surface area contributed by atoms with Crippen molar-refractivity contribution >= 4 is 16.0 Å². The molecule has 1 aliphatic rings. The Kier molecular flexibility index (Phi) is 3.88. The zero-order valence-electron chi connectivity index (χ0n) is 10.3. The van der Waals surface area contributed by atoms with Crippen LogP contribution in [-0.4, -0.2) is 48.7 Å². The first-order chi connectivity index (χ1) is 8.94. The van der Waals surface area contributed by atoms with Crippen LogP contribution in [0.3, 0.4) is 0 Å². The van der Waals surface area contributed by atoms with Crippen molar-refractivity contribution in [3.05, 3.63) is 12.0 Å². The molecule has 0 spiro atoms. The van der Waals surface area contributed by atoms with Crippen molar-refractivity contribution in [2.75, 3.05) is 13.2 Å². The summed E-state index contributed by atoms with van der Waals surface area (Å²) in [6.07, 6.45) is 1.80. The molecule has 1 aromatic heterocycles. The van der Waals surface area contributed by atoms with E-state index < -0.39 is 28.0 Å². The van der Waals surface area contributed by atoms with Crippen LogP contribution in [0.15, 0.2) is 11.2 Å². The van der Waals surface area contributed by atoms with Gasteiger partial charge < -0.3 is 14.8 Å². The van der Waals surface area contributed by atoms with Crippen molar-refractivity contribution in [3.8, 4) is 0 Å². The third-order valence-corrected chi connectivity index (χ3v) is 4.33. The van der Waals surface area contributed by atoms with Gasteiger partial charge in [0.25, 0.3) is 10.0 Å². The second-order valence-electron chi connectivity index (χ2n) is 4.26. The molecule has 0 saturated carbocycles. The van der Waals surface area contributed by atoms with E-state index >= 15 is 0 Å². The molecule has 0 amide bonds. The summed E-state index contributed by atoms with van der Waals surface area (Å²) in [7, 11) is -3.81. The number of H-pyrrole nitrogens is 1. The van der Waals surface area contributed by atoms with E-state index in [2.05, 4.69) is 14.7 Å². The Bertz CT molecular complexity index is 567. The minimum atomic E-state index is -3.81. The number of aromatic nitrogens is 2. The zero-order chi connectivity index (χ0) is 14.0. The van der Waals surface area contributed by atoms with E-state index in [0.29, 0.717) is 12.2 Å². The van der Waals surface area contributed by atoms with Crippen LogP contribution < -0.4 is 4.72 Å². The molecule has 1 saturated heterocycles. The quantitative estimate of drug-likeness (QED) is 0.662. The summed E-state index contributed by atoms with van der Waals surface area (Å²) in [5, 5.41) is 8.89. The van der Waals surface area contributed by atoms with Crippen LogP contribution in [0.2, 0.25) is 0 Å². The maximum Gasteiger partial charge on any atom is 0.310 e. The summed E-state index contributed by atoms with van der Waals surface area (Å²) in [6, 6.07) is -0.768. The molecular weight excluding hydrogens is 274 g/mol. The Hall–Kier alpha value is -1.45. The fourth-order valence-electron chi connectivity index (χ4n) is 1.84. The maximum absolute atomic E-state index is 12.1. The highest BCUT2D eigenvalue weighted by Crippen LogP contribution is 2.17. The number of rotatable bonds is 5. The highest BCUT2D eigenvalue weighted by Gasteiger charge is 2.37. The molecule has 8 nitrogen and oxygen atoms in total. The molecule has 2 rings (SSSR count). The lowest BCUT2D eigenvalue weighted by molar-refractivity contribution is -0.142. The molecule has 2 unspecified atom stereocenters. The predicted molar refractivity (Wildman–Crippen MR) is 64.0 cm³/mol. The van der Waals surface area contributed by atoms with E-state index in [4.69, 9.17) is 9.84 Å². The Morgan fingerprint density at radius 1 is 1.63 bits per heavy atom. The largest absolute Gasteiger partial charge is 0.481 e. The smallest absolute Gasteiger partial charge is 0.310 e. The van der Waals surface area contributed by atoms with Gasteiger partial charge in [-0.3, -0.25) is 4.79 Å². The SMILES string of the molecule is CCc1ncc(S(=O)(=O)NC2COCC2C(=O)O)[nH]1. The summed E-state index contributed by atoms with van der Waals surface area (Å²) >= 11 is 0. The van der Waals surface area contributed by atoms with Gasteiger partial charge in [0.1, 0.15) is 5.82 Å². The number of ether oxygens (including phenoxy) is 1. The van der Waals surface area contributed by atoms with Crippen LogP contribution in [0.1, 0.15) is 12.7 Å². The molecule has 3 N–H and O–H groups in total. The standard InChI is InChI=1S/C10H15N3O5S/c1-2-8-11-3-9(12-8)19(16,17)13-7-5-18-4-6(7)10(14)15/h3,6-7,13H,2,4-5H2,1H3,(H,11,12)(H,14,15). The number of aliphatic carboxylic acids is 1. The predicted octanol–water partition coefficient (Wildman–Crippen LogP) is -0.650. The number of carboxylic acid groups (broad SMARTS) is 1. The number of hydrogen-bond acceptors (Lipinski definition) is 5. The van der Waals surface area contributed by atoms with Crippen LogP contribution in [-0.2, 0) is 26.0 Å². The Balaban J connectivity index is 2.15. The number of imidazole rings is 1. The van der Waals surface area contributed by atoms with E-state index in [9.17, 15) is 13.2 Å². The molecule has 0 radical (unpaired) electrons.